The summed E-state index contributed by atoms with van der Waals surface area (Å²) in [5.74, 6) is 0. The van der Waals surface area contributed by atoms with E-state index in [9.17, 15) is 8.42 Å². The summed E-state index contributed by atoms with van der Waals surface area (Å²) in [5.41, 5.74) is 6.72. The highest BCUT2D eigenvalue weighted by molar-refractivity contribution is 7.89. The minimum absolute atomic E-state index is 0.00568. The summed E-state index contributed by atoms with van der Waals surface area (Å²) in [5, 5.41) is 4.99. The van der Waals surface area contributed by atoms with E-state index in [1.165, 1.54) is 12.1 Å². The van der Waals surface area contributed by atoms with Gasteiger partial charge in [-0.1, -0.05) is 0 Å². The molecule has 0 fully saturated rings. The first-order chi connectivity index (χ1) is 7.48. The van der Waals surface area contributed by atoms with Gasteiger partial charge in [0, 0.05) is 12.4 Å². The smallest absolute Gasteiger partial charge is 0.238 e. The van der Waals surface area contributed by atoms with Gasteiger partial charge in [0.25, 0.3) is 0 Å². The number of nitrogens with zero attached hydrogens (tertiary/aromatic N) is 2. The minimum Gasteiger partial charge on any atom is -0.397 e. The third kappa shape index (κ3) is 1.90. The third-order valence-corrected chi connectivity index (χ3v) is 3.02. The summed E-state index contributed by atoms with van der Waals surface area (Å²) in [6.45, 7) is 0. The lowest BCUT2D eigenvalue weighted by Gasteiger charge is -2.07. The Morgan fingerprint density at radius 3 is 2.56 bits per heavy atom. The monoisotopic (exact) mass is 238 g/mol. The molecule has 0 bridgehead atoms. The molecule has 1 heterocycles. The summed E-state index contributed by atoms with van der Waals surface area (Å²) in [4.78, 5) is 3.87. The normalized spacial score (nSPS) is 11.6. The van der Waals surface area contributed by atoms with E-state index in [1.54, 1.807) is 29.4 Å². The van der Waals surface area contributed by atoms with E-state index >= 15 is 0 Å². The number of aromatic nitrogens is 2. The first-order valence-corrected chi connectivity index (χ1v) is 5.94. The third-order valence-electron chi connectivity index (χ3n) is 2.11. The lowest BCUT2D eigenvalue weighted by Crippen LogP contribution is -2.12. The molecule has 2 rings (SSSR count). The van der Waals surface area contributed by atoms with Gasteiger partial charge in [-0.15, -0.1) is 0 Å². The number of benzene rings is 1. The summed E-state index contributed by atoms with van der Waals surface area (Å²) in [7, 11) is -3.72. The molecule has 1 aromatic carbocycles. The molecule has 0 aliphatic carbocycles. The average molecular weight is 238 g/mol. The maximum absolute atomic E-state index is 11.1. The molecule has 2 aromatic rings. The van der Waals surface area contributed by atoms with Crippen LogP contribution in [0.15, 0.2) is 41.8 Å². The van der Waals surface area contributed by atoms with Crippen LogP contribution in [0.25, 0.3) is 5.69 Å². The van der Waals surface area contributed by atoms with Gasteiger partial charge < -0.3 is 10.3 Å². The molecule has 1 aromatic heterocycles. The van der Waals surface area contributed by atoms with Gasteiger partial charge in [0.05, 0.1) is 22.6 Å². The second kappa shape index (κ2) is 3.62. The molecule has 0 spiro atoms. The average Bonchev–Trinajstić information content (AvgIpc) is 2.69. The zero-order valence-corrected chi connectivity index (χ0v) is 9.05. The standard InChI is InChI=1S/C9H10N4O2S/c10-8-5-7(16(11,14)15)1-2-9(8)13-4-3-12-6-13/h1-6H,10H2,(H2,11,14,15). The second-order valence-corrected chi connectivity index (χ2v) is 4.80. The SMILES string of the molecule is Nc1cc(S(N)(=O)=O)ccc1-n1ccnc1. The lowest BCUT2D eigenvalue weighted by molar-refractivity contribution is 0.598. The van der Waals surface area contributed by atoms with Crippen LogP contribution in [0.4, 0.5) is 5.69 Å². The highest BCUT2D eigenvalue weighted by Crippen LogP contribution is 2.20. The van der Waals surface area contributed by atoms with Crippen molar-refractivity contribution < 1.29 is 8.42 Å². The molecule has 0 atom stereocenters. The zero-order chi connectivity index (χ0) is 11.8. The van der Waals surface area contributed by atoms with E-state index in [1.807, 2.05) is 0 Å². The van der Waals surface area contributed by atoms with Crippen molar-refractivity contribution >= 4 is 15.7 Å². The largest absolute Gasteiger partial charge is 0.397 e. The molecule has 0 saturated heterocycles. The van der Waals surface area contributed by atoms with Crippen molar-refractivity contribution in [3.8, 4) is 5.69 Å². The first kappa shape index (κ1) is 10.7. The summed E-state index contributed by atoms with van der Waals surface area (Å²) < 4.78 is 23.9. The van der Waals surface area contributed by atoms with Crippen LogP contribution in [0.5, 0.6) is 0 Å². The highest BCUT2D eigenvalue weighted by atomic mass is 32.2. The van der Waals surface area contributed by atoms with Crippen molar-refractivity contribution in [2.75, 3.05) is 5.73 Å². The maximum Gasteiger partial charge on any atom is 0.238 e. The molecule has 0 unspecified atom stereocenters. The Kier molecular flexibility index (Phi) is 2.41. The number of hydrogen-bond donors (Lipinski definition) is 2. The Morgan fingerprint density at radius 2 is 2.06 bits per heavy atom. The van der Waals surface area contributed by atoms with Crippen LogP contribution >= 0.6 is 0 Å². The van der Waals surface area contributed by atoms with Gasteiger partial charge in [0.2, 0.25) is 10.0 Å². The highest BCUT2D eigenvalue weighted by Gasteiger charge is 2.10. The summed E-state index contributed by atoms with van der Waals surface area (Å²) >= 11 is 0. The van der Waals surface area contributed by atoms with E-state index in [4.69, 9.17) is 10.9 Å². The molecular weight excluding hydrogens is 228 g/mol. The molecule has 0 saturated carbocycles. The van der Waals surface area contributed by atoms with Gasteiger partial charge in [-0.05, 0) is 18.2 Å². The van der Waals surface area contributed by atoms with Crippen molar-refractivity contribution in [3.63, 3.8) is 0 Å². The minimum atomic E-state index is -3.72. The van der Waals surface area contributed by atoms with Crippen LogP contribution in [-0.4, -0.2) is 18.0 Å². The predicted molar refractivity (Wildman–Crippen MR) is 59.3 cm³/mol. The Bertz CT molecular complexity index is 604. The van der Waals surface area contributed by atoms with Crippen LogP contribution in [0.1, 0.15) is 0 Å². The van der Waals surface area contributed by atoms with Gasteiger partial charge in [-0.25, -0.2) is 18.5 Å². The van der Waals surface area contributed by atoms with Gasteiger partial charge in [-0.2, -0.15) is 0 Å². The van der Waals surface area contributed by atoms with Gasteiger partial charge in [-0.3, -0.25) is 0 Å². The maximum atomic E-state index is 11.1. The van der Waals surface area contributed by atoms with Crippen LogP contribution in [0.3, 0.4) is 0 Å². The molecule has 84 valence electrons. The first-order valence-electron chi connectivity index (χ1n) is 4.39. The van der Waals surface area contributed by atoms with E-state index < -0.39 is 10.0 Å². The second-order valence-electron chi connectivity index (χ2n) is 3.24. The molecule has 6 nitrogen and oxygen atoms in total. The molecule has 0 aliphatic rings. The quantitative estimate of drug-likeness (QED) is 0.724. The zero-order valence-electron chi connectivity index (χ0n) is 8.24. The van der Waals surface area contributed by atoms with Crippen LogP contribution in [0, 0.1) is 0 Å². The number of nitrogen functional groups attached to an aromatic ring is 1. The summed E-state index contributed by atoms with van der Waals surface area (Å²) in [6, 6.07) is 4.31. The number of nitrogens with two attached hydrogens (primary N) is 2. The molecule has 0 radical (unpaired) electrons. The van der Waals surface area contributed by atoms with Gasteiger partial charge in [0.15, 0.2) is 0 Å². The summed E-state index contributed by atoms with van der Waals surface area (Å²) in [6.07, 6.45) is 4.89. The molecule has 0 aliphatic heterocycles. The van der Waals surface area contributed by atoms with E-state index in [0.717, 1.165) is 0 Å². The van der Waals surface area contributed by atoms with Crippen LogP contribution in [-0.2, 0) is 10.0 Å². The molecule has 16 heavy (non-hydrogen) atoms. The molecular formula is C9H10N4O2S. The Hall–Kier alpha value is -1.86. The number of sulfonamides is 1. The Labute approximate surface area is 92.6 Å². The van der Waals surface area contributed by atoms with Crippen LogP contribution in [0.2, 0.25) is 0 Å². The number of anilines is 1. The predicted octanol–water partition coefficient (Wildman–Crippen LogP) is 0.102. The number of hydrogen-bond acceptors (Lipinski definition) is 4. The van der Waals surface area contributed by atoms with E-state index in [-0.39, 0.29) is 4.90 Å². The molecule has 0 amide bonds. The Morgan fingerprint density at radius 1 is 1.31 bits per heavy atom. The van der Waals surface area contributed by atoms with Crippen molar-refractivity contribution in [3.05, 3.63) is 36.9 Å². The topological polar surface area (TPSA) is 104 Å². The number of imidazole rings is 1. The van der Waals surface area contributed by atoms with E-state index in [2.05, 4.69) is 4.98 Å². The molecule has 4 N–H and O–H groups in total. The lowest BCUT2D eigenvalue weighted by atomic mass is 10.2. The van der Waals surface area contributed by atoms with Crippen molar-refractivity contribution in [2.24, 2.45) is 5.14 Å². The molecule has 7 heteroatoms. The van der Waals surface area contributed by atoms with Gasteiger partial charge in [0.1, 0.15) is 0 Å². The van der Waals surface area contributed by atoms with Crippen molar-refractivity contribution in [1.82, 2.24) is 9.55 Å². The van der Waals surface area contributed by atoms with Gasteiger partial charge >= 0.3 is 0 Å². The number of rotatable bonds is 2. The van der Waals surface area contributed by atoms with Crippen molar-refractivity contribution in [2.45, 2.75) is 4.90 Å². The van der Waals surface area contributed by atoms with E-state index in [0.29, 0.717) is 11.4 Å². The fourth-order valence-corrected chi connectivity index (χ4v) is 1.90. The fraction of sp³-hybridized carbons (Fsp3) is 0. The Balaban J connectivity index is 2.54. The number of primary sulfonamides is 1. The van der Waals surface area contributed by atoms with Crippen molar-refractivity contribution in [1.29, 1.82) is 0 Å². The fourth-order valence-electron chi connectivity index (χ4n) is 1.35. The van der Waals surface area contributed by atoms with Crippen LogP contribution < -0.4 is 10.9 Å².